The van der Waals surface area contributed by atoms with Crippen LogP contribution in [-0.4, -0.2) is 50.4 Å². The Morgan fingerprint density at radius 2 is 2.04 bits per heavy atom. The van der Waals surface area contributed by atoms with Gasteiger partial charge in [0.2, 0.25) is 5.91 Å². The highest BCUT2D eigenvalue weighted by Gasteiger charge is 2.29. The summed E-state index contributed by atoms with van der Waals surface area (Å²) in [4.78, 5) is 25.9. The fraction of sp³-hybridized carbons (Fsp3) is 0.556. The predicted octanol–water partition coefficient (Wildman–Crippen LogP) is 1.98. The van der Waals surface area contributed by atoms with E-state index < -0.39 is 0 Å². The Morgan fingerprint density at radius 3 is 2.68 bits per heavy atom. The van der Waals surface area contributed by atoms with Gasteiger partial charge in [-0.3, -0.25) is 14.0 Å². The Labute approximate surface area is 147 Å². The van der Waals surface area contributed by atoms with E-state index >= 15 is 0 Å². The highest BCUT2D eigenvalue weighted by molar-refractivity contribution is 5.94. The van der Waals surface area contributed by atoms with Crippen LogP contribution in [0.1, 0.15) is 62.1 Å². The largest absolute Gasteiger partial charge is 0.349 e. The van der Waals surface area contributed by atoms with Crippen molar-refractivity contribution < 1.29 is 9.59 Å². The summed E-state index contributed by atoms with van der Waals surface area (Å²) in [6.45, 7) is 7.11. The summed E-state index contributed by atoms with van der Waals surface area (Å²) in [5, 5.41) is 11.6. The third kappa shape index (κ3) is 3.50. The standard InChI is InChI=1S/C18H25N5O2/c1-4-15(5-2)19-18(25)14-6-7-16-20-21-17(23(16)11-14)13-8-9-22(10-13)12(3)24/h6-7,11,13,15H,4-5,8-10H2,1-3H3,(H,19,25)/t13-/m1/s1. The van der Waals surface area contributed by atoms with Crippen LogP contribution in [-0.2, 0) is 4.79 Å². The van der Waals surface area contributed by atoms with E-state index in [1.807, 2.05) is 15.4 Å². The maximum Gasteiger partial charge on any atom is 0.252 e. The van der Waals surface area contributed by atoms with Gasteiger partial charge in [0.1, 0.15) is 5.82 Å². The molecule has 1 fully saturated rings. The Morgan fingerprint density at radius 1 is 1.28 bits per heavy atom. The summed E-state index contributed by atoms with van der Waals surface area (Å²) in [6, 6.07) is 3.78. The molecule has 1 aliphatic heterocycles. The molecule has 2 aromatic heterocycles. The van der Waals surface area contributed by atoms with E-state index in [4.69, 9.17) is 0 Å². The monoisotopic (exact) mass is 343 g/mol. The fourth-order valence-electron chi connectivity index (χ4n) is 3.34. The second-order valence-electron chi connectivity index (χ2n) is 6.64. The molecular formula is C18H25N5O2. The summed E-state index contributed by atoms with van der Waals surface area (Å²) in [5.41, 5.74) is 1.32. The van der Waals surface area contributed by atoms with Crippen LogP contribution in [0.5, 0.6) is 0 Å². The Kier molecular flexibility index (Phi) is 5.01. The minimum Gasteiger partial charge on any atom is -0.349 e. The zero-order valence-corrected chi connectivity index (χ0v) is 15.0. The van der Waals surface area contributed by atoms with Gasteiger partial charge in [-0.25, -0.2) is 0 Å². The lowest BCUT2D eigenvalue weighted by Gasteiger charge is -2.15. The first kappa shape index (κ1) is 17.4. The van der Waals surface area contributed by atoms with Crippen LogP contribution in [0.2, 0.25) is 0 Å². The van der Waals surface area contributed by atoms with Gasteiger partial charge in [-0.05, 0) is 31.4 Å². The molecule has 0 bridgehead atoms. The number of nitrogens with zero attached hydrogens (tertiary/aromatic N) is 4. The smallest absolute Gasteiger partial charge is 0.252 e. The number of aromatic nitrogens is 3. The van der Waals surface area contributed by atoms with Crippen molar-refractivity contribution in [3.05, 3.63) is 29.7 Å². The molecule has 3 rings (SSSR count). The summed E-state index contributed by atoms with van der Waals surface area (Å²) in [7, 11) is 0. The van der Waals surface area contributed by atoms with Crippen molar-refractivity contribution in [2.24, 2.45) is 0 Å². The highest BCUT2D eigenvalue weighted by atomic mass is 16.2. The molecule has 25 heavy (non-hydrogen) atoms. The van der Waals surface area contributed by atoms with E-state index in [1.165, 1.54) is 0 Å². The molecule has 1 aliphatic rings. The molecule has 0 spiro atoms. The average molecular weight is 343 g/mol. The second-order valence-corrected chi connectivity index (χ2v) is 6.64. The average Bonchev–Trinajstić information content (AvgIpc) is 3.25. The SMILES string of the molecule is CCC(CC)NC(=O)c1ccc2nnc([C@@H]3CCN(C(C)=O)C3)n2c1. The number of carbonyl (C=O) groups is 2. The number of hydrogen-bond donors (Lipinski definition) is 1. The van der Waals surface area contributed by atoms with Gasteiger partial charge in [0.05, 0.1) is 5.56 Å². The Balaban J connectivity index is 1.85. The molecule has 0 aromatic carbocycles. The highest BCUT2D eigenvalue weighted by Crippen LogP contribution is 2.26. The summed E-state index contributed by atoms with van der Waals surface area (Å²) >= 11 is 0. The van der Waals surface area contributed by atoms with E-state index in [-0.39, 0.29) is 23.8 Å². The van der Waals surface area contributed by atoms with E-state index in [2.05, 4.69) is 29.4 Å². The number of hydrogen-bond acceptors (Lipinski definition) is 4. The van der Waals surface area contributed by atoms with Crippen LogP contribution in [0, 0.1) is 0 Å². The van der Waals surface area contributed by atoms with Crippen LogP contribution in [0.25, 0.3) is 5.65 Å². The molecule has 3 heterocycles. The molecule has 2 amide bonds. The molecule has 2 aromatic rings. The van der Waals surface area contributed by atoms with Gasteiger partial charge >= 0.3 is 0 Å². The lowest BCUT2D eigenvalue weighted by Crippen LogP contribution is -2.33. The van der Waals surface area contributed by atoms with Crippen LogP contribution >= 0.6 is 0 Å². The Hall–Kier alpha value is -2.44. The zero-order valence-electron chi connectivity index (χ0n) is 15.0. The lowest BCUT2D eigenvalue weighted by molar-refractivity contribution is -0.127. The molecule has 1 N–H and O–H groups in total. The van der Waals surface area contributed by atoms with Crippen molar-refractivity contribution in [3.63, 3.8) is 0 Å². The minimum atomic E-state index is -0.0768. The summed E-state index contributed by atoms with van der Waals surface area (Å²) < 4.78 is 1.89. The first-order chi connectivity index (χ1) is 12.0. The number of likely N-dealkylation sites (tertiary alicyclic amines) is 1. The van der Waals surface area contributed by atoms with Crippen molar-refractivity contribution in [2.45, 2.75) is 52.0 Å². The van der Waals surface area contributed by atoms with E-state index in [9.17, 15) is 9.59 Å². The third-order valence-electron chi connectivity index (χ3n) is 5.01. The number of rotatable bonds is 5. The van der Waals surface area contributed by atoms with Gasteiger partial charge in [0.25, 0.3) is 5.91 Å². The lowest BCUT2D eigenvalue weighted by atomic mass is 10.1. The van der Waals surface area contributed by atoms with Gasteiger partial charge in [-0.15, -0.1) is 10.2 Å². The molecule has 7 nitrogen and oxygen atoms in total. The van der Waals surface area contributed by atoms with E-state index in [1.54, 1.807) is 19.2 Å². The van der Waals surface area contributed by atoms with Crippen LogP contribution in [0.4, 0.5) is 0 Å². The predicted molar refractivity (Wildman–Crippen MR) is 94.4 cm³/mol. The normalized spacial score (nSPS) is 17.4. The van der Waals surface area contributed by atoms with Gasteiger partial charge in [-0.2, -0.15) is 0 Å². The van der Waals surface area contributed by atoms with Gasteiger partial charge < -0.3 is 10.2 Å². The van der Waals surface area contributed by atoms with Crippen molar-refractivity contribution in [1.29, 1.82) is 0 Å². The molecular weight excluding hydrogens is 318 g/mol. The molecule has 7 heteroatoms. The van der Waals surface area contributed by atoms with Gasteiger partial charge in [-0.1, -0.05) is 13.8 Å². The molecule has 0 unspecified atom stereocenters. The first-order valence-corrected chi connectivity index (χ1v) is 8.94. The number of fused-ring (bicyclic) bond motifs is 1. The number of pyridine rings is 1. The maximum absolute atomic E-state index is 12.5. The minimum absolute atomic E-state index is 0.0768. The first-order valence-electron chi connectivity index (χ1n) is 8.94. The second kappa shape index (κ2) is 7.21. The maximum atomic E-state index is 12.5. The number of amides is 2. The van der Waals surface area contributed by atoms with Crippen molar-refractivity contribution in [1.82, 2.24) is 24.8 Å². The Bertz CT molecular complexity index is 781. The zero-order chi connectivity index (χ0) is 18.0. The number of carbonyl (C=O) groups excluding carboxylic acids is 2. The van der Waals surface area contributed by atoms with Crippen LogP contribution in [0.15, 0.2) is 18.3 Å². The molecule has 0 saturated carbocycles. The quantitative estimate of drug-likeness (QED) is 0.900. The van der Waals surface area contributed by atoms with Crippen LogP contribution in [0.3, 0.4) is 0 Å². The fourth-order valence-corrected chi connectivity index (χ4v) is 3.34. The summed E-state index contributed by atoms with van der Waals surface area (Å²) in [6.07, 6.45) is 4.49. The van der Waals surface area contributed by atoms with Gasteiger partial charge in [0, 0.05) is 38.2 Å². The van der Waals surface area contributed by atoms with Gasteiger partial charge in [0.15, 0.2) is 5.65 Å². The molecule has 0 aliphatic carbocycles. The van der Waals surface area contributed by atoms with E-state index in [0.717, 1.165) is 37.3 Å². The third-order valence-corrected chi connectivity index (χ3v) is 5.01. The molecule has 1 saturated heterocycles. The van der Waals surface area contributed by atoms with E-state index in [0.29, 0.717) is 12.1 Å². The van der Waals surface area contributed by atoms with Crippen molar-refractivity contribution in [2.75, 3.05) is 13.1 Å². The molecule has 1 atom stereocenters. The summed E-state index contributed by atoms with van der Waals surface area (Å²) in [5.74, 6) is 0.973. The van der Waals surface area contributed by atoms with Crippen LogP contribution < -0.4 is 5.32 Å². The molecule has 0 radical (unpaired) electrons. The number of nitrogens with one attached hydrogen (secondary N) is 1. The van der Waals surface area contributed by atoms with Crippen molar-refractivity contribution in [3.8, 4) is 0 Å². The molecule has 134 valence electrons. The van der Waals surface area contributed by atoms with Crippen molar-refractivity contribution >= 4 is 17.5 Å². The topological polar surface area (TPSA) is 79.6 Å².